The molecule has 4 rings (SSSR count). The van der Waals surface area contributed by atoms with Crippen molar-refractivity contribution in [1.29, 1.82) is 0 Å². The van der Waals surface area contributed by atoms with Crippen molar-refractivity contribution in [3.63, 3.8) is 0 Å². The van der Waals surface area contributed by atoms with Gasteiger partial charge in [0.15, 0.2) is 0 Å². The Morgan fingerprint density at radius 1 is 1.08 bits per heavy atom. The van der Waals surface area contributed by atoms with Crippen molar-refractivity contribution in [2.75, 3.05) is 11.5 Å². The Kier molecular flexibility index (Phi) is 3.37. The van der Waals surface area contributed by atoms with Crippen molar-refractivity contribution in [1.82, 2.24) is 0 Å². The number of imide groups is 1. The molecule has 132 valence electrons. The lowest BCUT2D eigenvalue weighted by molar-refractivity contribution is -0.138. The van der Waals surface area contributed by atoms with Gasteiger partial charge < -0.3 is 4.74 Å². The van der Waals surface area contributed by atoms with Gasteiger partial charge in [-0.15, -0.1) is 0 Å². The third-order valence-electron chi connectivity index (χ3n) is 6.28. The number of nitrogens with zero attached hydrogens (tertiary/aromatic N) is 1. The largest absolute Gasteiger partial charge is 0.494 e. The van der Waals surface area contributed by atoms with Gasteiger partial charge in [-0.2, -0.15) is 0 Å². The van der Waals surface area contributed by atoms with Crippen molar-refractivity contribution < 1.29 is 19.1 Å². The van der Waals surface area contributed by atoms with Crippen LogP contribution in [-0.4, -0.2) is 24.2 Å². The van der Waals surface area contributed by atoms with Crippen molar-refractivity contribution in [2.45, 2.75) is 40.0 Å². The summed E-state index contributed by atoms with van der Waals surface area (Å²) in [6.45, 7) is 6.51. The second-order valence-electron chi connectivity index (χ2n) is 8.16. The van der Waals surface area contributed by atoms with Crippen LogP contribution < -0.4 is 9.64 Å². The number of amides is 2. The molecule has 1 saturated heterocycles. The number of rotatable bonds is 4. The lowest BCUT2D eigenvalue weighted by Crippen LogP contribution is -2.40. The summed E-state index contributed by atoms with van der Waals surface area (Å²) in [5, 5.41) is 0. The fourth-order valence-electron chi connectivity index (χ4n) is 5.25. The summed E-state index contributed by atoms with van der Waals surface area (Å²) in [5.41, 5.74) is -0.514. The fraction of sp³-hybridized carbons (Fsp3) is 0.550. The predicted octanol–water partition coefficient (Wildman–Crippen LogP) is 2.97. The summed E-state index contributed by atoms with van der Waals surface area (Å²) in [7, 11) is 0. The maximum Gasteiger partial charge on any atom is 0.238 e. The minimum atomic E-state index is -0.689. The molecule has 5 heteroatoms. The molecule has 0 spiro atoms. The molecule has 0 radical (unpaired) electrons. The minimum absolute atomic E-state index is 0.127. The molecule has 1 aromatic carbocycles. The zero-order chi connectivity index (χ0) is 18.0. The number of benzene rings is 1. The summed E-state index contributed by atoms with van der Waals surface area (Å²) in [4.78, 5) is 39.9. The lowest BCUT2D eigenvalue weighted by atomic mass is 9.68. The fourth-order valence-corrected chi connectivity index (χ4v) is 5.25. The SMILES string of the molecule is CCCOc1ccc(N2C(=O)[C@H]3[C@H](C2=O)[C@@]2(C)C[C@@]3(C)CC2=O)cc1. The summed E-state index contributed by atoms with van der Waals surface area (Å²) in [6.07, 6.45) is 1.96. The molecule has 2 aliphatic carbocycles. The van der Waals surface area contributed by atoms with E-state index in [0.29, 0.717) is 25.1 Å². The van der Waals surface area contributed by atoms with E-state index >= 15 is 0 Å². The molecule has 0 unspecified atom stereocenters. The van der Waals surface area contributed by atoms with E-state index in [1.807, 2.05) is 20.8 Å². The highest BCUT2D eigenvalue weighted by Crippen LogP contribution is 2.68. The van der Waals surface area contributed by atoms with Crippen LogP contribution in [0.25, 0.3) is 0 Å². The standard InChI is InChI=1S/C20H23NO4/c1-4-9-25-13-7-5-12(6-8-13)21-17(23)15-16(18(21)24)20(3)11-19(15,2)10-14(20)22/h5-8,15-16H,4,9-11H2,1-3H3/t15-,16-,19-,20+/m1/s1. The molecule has 1 aromatic rings. The van der Waals surface area contributed by atoms with E-state index < -0.39 is 11.3 Å². The van der Waals surface area contributed by atoms with Gasteiger partial charge in [-0.05, 0) is 42.5 Å². The number of carbonyl (C=O) groups excluding carboxylic acids is 3. The first-order valence-electron chi connectivity index (χ1n) is 8.96. The van der Waals surface area contributed by atoms with Crippen LogP contribution in [0.4, 0.5) is 5.69 Å². The second kappa shape index (κ2) is 5.16. The number of carbonyl (C=O) groups is 3. The quantitative estimate of drug-likeness (QED) is 0.790. The van der Waals surface area contributed by atoms with E-state index in [1.54, 1.807) is 24.3 Å². The first-order valence-corrected chi connectivity index (χ1v) is 8.96. The predicted molar refractivity (Wildman–Crippen MR) is 92.2 cm³/mol. The topological polar surface area (TPSA) is 63.7 Å². The van der Waals surface area contributed by atoms with E-state index in [1.165, 1.54) is 4.90 Å². The van der Waals surface area contributed by atoms with Gasteiger partial charge in [-0.3, -0.25) is 19.3 Å². The average Bonchev–Trinajstić information content (AvgIpc) is 3.07. The van der Waals surface area contributed by atoms with Crippen LogP contribution in [0.1, 0.15) is 40.0 Å². The van der Waals surface area contributed by atoms with Crippen LogP contribution in [-0.2, 0) is 14.4 Å². The number of Topliss-reactive ketones (excluding diaryl/α,β-unsaturated/α-hetero) is 1. The Labute approximate surface area is 147 Å². The molecule has 5 nitrogen and oxygen atoms in total. The normalized spacial score (nSPS) is 36.3. The summed E-state index contributed by atoms with van der Waals surface area (Å²) in [6, 6.07) is 7.05. The van der Waals surface area contributed by atoms with E-state index in [0.717, 1.165) is 12.2 Å². The smallest absolute Gasteiger partial charge is 0.238 e. The maximum atomic E-state index is 13.1. The van der Waals surface area contributed by atoms with Crippen molar-refractivity contribution in [3.8, 4) is 5.75 Å². The van der Waals surface area contributed by atoms with Crippen LogP contribution in [0, 0.1) is 22.7 Å². The van der Waals surface area contributed by atoms with E-state index in [4.69, 9.17) is 4.74 Å². The highest BCUT2D eigenvalue weighted by Gasteiger charge is 2.74. The van der Waals surface area contributed by atoms with Crippen LogP contribution >= 0.6 is 0 Å². The van der Waals surface area contributed by atoms with Gasteiger partial charge in [0, 0.05) is 11.8 Å². The molecular weight excluding hydrogens is 318 g/mol. The Morgan fingerprint density at radius 3 is 2.36 bits per heavy atom. The van der Waals surface area contributed by atoms with Gasteiger partial charge in [0.1, 0.15) is 11.5 Å². The molecule has 0 N–H and O–H groups in total. The van der Waals surface area contributed by atoms with Gasteiger partial charge in [0.25, 0.3) is 0 Å². The molecule has 2 saturated carbocycles. The number of hydrogen-bond acceptors (Lipinski definition) is 4. The Bertz CT molecular complexity index is 770. The average molecular weight is 341 g/mol. The van der Waals surface area contributed by atoms with Crippen molar-refractivity contribution in [3.05, 3.63) is 24.3 Å². The molecule has 2 bridgehead atoms. The Balaban J connectivity index is 1.66. The van der Waals surface area contributed by atoms with Gasteiger partial charge in [-0.25, -0.2) is 0 Å². The molecule has 1 aliphatic heterocycles. The molecule has 3 aliphatic rings. The molecule has 1 heterocycles. The summed E-state index contributed by atoms with van der Waals surface area (Å²) >= 11 is 0. The first kappa shape index (κ1) is 16.3. The van der Waals surface area contributed by atoms with Crippen molar-refractivity contribution >= 4 is 23.3 Å². The second-order valence-corrected chi connectivity index (χ2v) is 8.16. The lowest BCUT2D eigenvalue weighted by Gasteiger charge is -2.30. The van der Waals surface area contributed by atoms with Crippen molar-refractivity contribution in [2.24, 2.45) is 22.7 Å². The van der Waals surface area contributed by atoms with Crippen LogP contribution in [0.3, 0.4) is 0 Å². The highest BCUT2D eigenvalue weighted by atomic mass is 16.5. The minimum Gasteiger partial charge on any atom is -0.494 e. The van der Waals surface area contributed by atoms with Gasteiger partial charge in [-0.1, -0.05) is 20.8 Å². The summed E-state index contributed by atoms with van der Waals surface area (Å²) < 4.78 is 5.56. The van der Waals surface area contributed by atoms with Gasteiger partial charge >= 0.3 is 0 Å². The zero-order valence-electron chi connectivity index (χ0n) is 14.9. The van der Waals surface area contributed by atoms with Crippen LogP contribution in [0.5, 0.6) is 5.75 Å². The number of anilines is 1. The molecule has 0 aromatic heterocycles. The number of ether oxygens (including phenoxy) is 1. The third kappa shape index (κ3) is 2.04. The van der Waals surface area contributed by atoms with Gasteiger partial charge in [0.2, 0.25) is 11.8 Å². The third-order valence-corrected chi connectivity index (χ3v) is 6.28. The van der Waals surface area contributed by atoms with E-state index in [2.05, 4.69) is 0 Å². The number of fused-ring (bicyclic) bond motifs is 5. The van der Waals surface area contributed by atoms with E-state index in [-0.39, 0.29) is 28.9 Å². The zero-order valence-corrected chi connectivity index (χ0v) is 14.9. The van der Waals surface area contributed by atoms with Gasteiger partial charge in [0.05, 0.1) is 24.1 Å². The molecule has 2 amide bonds. The molecule has 4 atom stereocenters. The highest BCUT2D eigenvalue weighted by molar-refractivity contribution is 6.24. The molecule has 3 fully saturated rings. The van der Waals surface area contributed by atoms with E-state index in [9.17, 15) is 14.4 Å². The Hall–Kier alpha value is -2.17. The van der Waals surface area contributed by atoms with Crippen LogP contribution in [0.15, 0.2) is 24.3 Å². The number of ketones is 1. The number of hydrogen-bond donors (Lipinski definition) is 0. The first-order chi connectivity index (χ1) is 11.8. The van der Waals surface area contributed by atoms with Crippen LogP contribution in [0.2, 0.25) is 0 Å². The summed E-state index contributed by atoms with van der Waals surface area (Å²) in [5.74, 6) is -0.421. The maximum absolute atomic E-state index is 13.1. The Morgan fingerprint density at radius 2 is 1.72 bits per heavy atom. The molecular formula is C20H23NO4. The monoisotopic (exact) mass is 341 g/mol. The molecule has 25 heavy (non-hydrogen) atoms.